The molecule has 2 heterocycles. The number of rotatable bonds is 6. The maximum Gasteiger partial charge on any atom is 0.296 e. The maximum atomic E-state index is 13.6. The first kappa shape index (κ1) is 22.4. The zero-order chi connectivity index (χ0) is 23.0. The quantitative estimate of drug-likeness (QED) is 0.534. The van der Waals surface area contributed by atoms with Crippen molar-refractivity contribution in [3.05, 3.63) is 80.4 Å². The summed E-state index contributed by atoms with van der Waals surface area (Å²) in [5.41, 5.74) is 1.36. The number of benzene rings is 2. The highest BCUT2D eigenvalue weighted by molar-refractivity contribution is 7.95. The average Bonchev–Trinajstić information content (AvgIpc) is 3.32. The van der Waals surface area contributed by atoms with Crippen LogP contribution in [0.15, 0.2) is 64.1 Å². The second-order valence-corrected chi connectivity index (χ2v) is 10.8. The predicted octanol–water partition coefficient (Wildman–Crippen LogP) is 4.78. The molecule has 1 aromatic heterocycles. The molecule has 0 saturated carbocycles. The smallest absolute Gasteiger partial charge is 0.296 e. The first-order valence-electron chi connectivity index (χ1n) is 9.90. The van der Waals surface area contributed by atoms with Crippen molar-refractivity contribution >= 4 is 43.8 Å². The zero-order valence-electron chi connectivity index (χ0n) is 17.3. The van der Waals surface area contributed by atoms with Gasteiger partial charge in [0.05, 0.1) is 4.90 Å². The van der Waals surface area contributed by atoms with Gasteiger partial charge in [-0.1, -0.05) is 59.7 Å². The fourth-order valence-electron chi connectivity index (χ4n) is 3.50. The molecule has 0 radical (unpaired) electrons. The summed E-state index contributed by atoms with van der Waals surface area (Å²) in [6, 6.07) is 11.6. The number of carbonyl (C=O) groups excluding carboxylic acids is 1. The van der Waals surface area contributed by atoms with Crippen LogP contribution < -0.4 is 4.90 Å². The molecule has 2 aromatic carbocycles. The number of carbonyl (C=O) groups is 1. The molecule has 1 atom stereocenters. The minimum Gasteiger partial charge on any atom is -0.502 e. The molecular weight excluding hydrogens is 470 g/mol. The van der Waals surface area contributed by atoms with Gasteiger partial charge in [-0.2, -0.15) is 0 Å². The third-order valence-corrected chi connectivity index (χ3v) is 8.22. The molecular formula is C22H20ClN3O4S2. The van der Waals surface area contributed by atoms with Crippen molar-refractivity contribution in [2.24, 2.45) is 0 Å². The molecule has 1 amide bonds. The van der Waals surface area contributed by atoms with E-state index in [4.69, 9.17) is 11.6 Å². The topological polar surface area (TPSA) is 100 Å². The van der Waals surface area contributed by atoms with Gasteiger partial charge in [0.2, 0.25) is 15.0 Å². The first-order valence-corrected chi connectivity index (χ1v) is 12.6. The zero-order valence-corrected chi connectivity index (χ0v) is 19.7. The van der Waals surface area contributed by atoms with Crippen molar-refractivity contribution in [3.63, 3.8) is 0 Å². The van der Waals surface area contributed by atoms with E-state index in [9.17, 15) is 18.3 Å². The van der Waals surface area contributed by atoms with Gasteiger partial charge in [0.1, 0.15) is 16.0 Å². The number of hydrogen-bond acceptors (Lipinski definition) is 7. The van der Waals surface area contributed by atoms with Crippen LogP contribution in [0.25, 0.3) is 0 Å². The van der Waals surface area contributed by atoms with E-state index < -0.39 is 27.5 Å². The van der Waals surface area contributed by atoms with Gasteiger partial charge in [-0.3, -0.25) is 9.69 Å². The molecule has 0 unspecified atom stereocenters. The van der Waals surface area contributed by atoms with E-state index in [-0.39, 0.29) is 14.9 Å². The molecule has 1 aliphatic heterocycles. The highest BCUT2D eigenvalue weighted by Crippen LogP contribution is 2.45. The van der Waals surface area contributed by atoms with E-state index in [1.807, 2.05) is 13.8 Å². The molecule has 3 aromatic rings. The van der Waals surface area contributed by atoms with Crippen LogP contribution in [-0.4, -0.2) is 29.6 Å². The molecule has 32 heavy (non-hydrogen) atoms. The lowest BCUT2D eigenvalue weighted by molar-refractivity contribution is -0.117. The molecule has 10 heteroatoms. The van der Waals surface area contributed by atoms with Gasteiger partial charge in [-0.15, -0.1) is 10.2 Å². The van der Waals surface area contributed by atoms with E-state index in [1.54, 1.807) is 36.4 Å². The van der Waals surface area contributed by atoms with Crippen molar-refractivity contribution in [3.8, 4) is 0 Å². The largest absolute Gasteiger partial charge is 0.502 e. The van der Waals surface area contributed by atoms with Crippen LogP contribution in [0.1, 0.15) is 35.5 Å². The van der Waals surface area contributed by atoms with Gasteiger partial charge in [0.15, 0.2) is 5.76 Å². The number of aliphatic hydroxyl groups is 1. The van der Waals surface area contributed by atoms with Crippen LogP contribution in [0, 0.1) is 6.92 Å². The Morgan fingerprint density at radius 2 is 1.75 bits per heavy atom. The Bertz CT molecular complexity index is 1300. The molecule has 7 nitrogen and oxygen atoms in total. The van der Waals surface area contributed by atoms with Crippen LogP contribution >= 0.6 is 22.9 Å². The number of aromatic nitrogens is 2. The van der Waals surface area contributed by atoms with E-state index >= 15 is 0 Å². The second kappa shape index (κ2) is 8.65. The Morgan fingerprint density at radius 3 is 2.38 bits per heavy atom. The Hall–Kier alpha value is -2.75. The molecule has 0 saturated heterocycles. The van der Waals surface area contributed by atoms with Crippen molar-refractivity contribution in [2.75, 3.05) is 4.90 Å². The number of aryl methyl sites for hydroxylation is 2. The summed E-state index contributed by atoms with van der Waals surface area (Å²) in [5.74, 6) is -1.66. The van der Waals surface area contributed by atoms with Gasteiger partial charge in [0, 0.05) is 11.4 Å². The minimum atomic E-state index is -4.20. The third-order valence-electron chi connectivity index (χ3n) is 5.09. The number of amides is 1. The third kappa shape index (κ3) is 3.92. The van der Waals surface area contributed by atoms with Crippen molar-refractivity contribution in [1.29, 1.82) is 0 Å². The first-order chi connectivity index (χ1) is 15.2. The summed E-state index contributed by atoms with van der Waals surface area (Å²) in [6.07, 6.45) is 1.53. The molecule has 166 valence electrons. The number of aliphatic hydroxyl groups excluding tert-OH is 1. The van der Waals surface area contributed by atoms with Crippen LogP contribution in [0.5, 0.6) is 0 Å². The maximum absolute atomic E-state index is 13.6. The molecule has 4 rings (SSSR count). The number of anilines is 1. The fourth-order valence-corrected chi connectivity index (χ4v) is 6.22. The van der Waals surface area contributed by atoms with Gasteiger partial charge in [-0.25, -0.2) is 8.42 Å². The molecule has 0 bridgehead atoms. The van der Waals surface area contributed by atoms with Crippen molar-refractivity contribution in [1.82, 2.24) is 10.2 Å². The lowest BCUT2D eigenvalue weighted by Crippen LogP contribution is -2.31. The minimum absolute atomic E-state index is 0.0119. The lowest BCUT2D eigenvalue weighted by Gasteiger charge is -2.24. The number of hydrogen-bond donors (Lipinski definition) is 1. The van der Waals surface area contributed by atoms with Gasteiger partial charge >= 0.3 is 0 Å². The van der Waals surface area contributed by atoms with Crippen molar-refractivity contribution in [2.45, 2.75) is 37.6 Å². The Kier molecular flexibility index (Phi) is 6.07. The molecule has 0 fully saturated rings. The fraction of sp³-hybridized carbons (Fsp3) is 0.227. The molecule has 0 spiro atoms. The predicted molar refractivity (Wildman–Crippen MR) is 124 cm³/mol. The van der Waals surface area contributed by atoms with E-state index in [2.05, 4.69) is 10.2 Å². The van der Waals surface area contributed by atoms with Crippen LogP contribution in [0.4, 0.5) is 5.13 Å². The van der Waals surface area contributed by atoms with Crippen LogP contribution in [0.2, 0.25) is 5.02 Å². The van der Waals surface area contributed by atoms with Gasteiger partial charge in [0.25, 0.3) is 5.91 Å². The Morgan fingerprint density at radius 1 is 1.09 bits per heavy atom. The highest BCUT2D eigenvalue weighted by atomic mass is 35.5. The SMILES string of the molecule is CCCc1nnc(N2C(=O)C(O)=C(S(=O)(=O)c3ccc(C)cc3)[C@H]2c2ccc(Cl)cc2)s1. The average molecular weight is 490 g/mol. The van der Waals surface area contributed by atoms with Gasteiger partial charge < -0.3 is 5.11 Å². The van der Waals surface area contributed by atoms with E-state index in [0.717, 1.165) is 17.0 Å². The number of nitrogens with zero attached hydrogens (tertiary/aromatic N) is 3. The van der Waals surface area contributed by atoms with E-state index in [0.29, 0.717) is 17.0 Å². The summed E-state index contributed by atoms with van der Waals surface area (Å²) in [4.78, 5) is 13.9. The molecule has 1 aliphatic rings. The monoisotopic (exact) mass is 489 g/mol. The standard InChI is InChI=1S/C22H20ClN3O4S2/c1-3-4-17-24-25-22(31-17)26-18(14-7-9-15(23)10-8-14)20(19(27)21(26)28)32(29,30)16-11-5-13(2)6-12-16/h5-12,18,27H,3-4H2,1-2H3/t18-/m1/s1. The summed E-state index contributed by atoms with van der Waals surface area (Å²) in [7, 11) is -4.20. The second-order valence-electron chi connectivity index (χ2n) is 7.39. The normalized spacial score (nSPS) is 16.8. The summed E-state index contributed by atoms with van der Waals surface area (Å²) >= 11 is 7.22. The Balaban J connectivity index is 1.89. The van der Waals surface area contributed by atoms with E-state index in [1.165, 1.54) is 28.4 Å². The molecule has 0 aliphatic carbocycles. The van der Waals surface area contributed by atoms with Crippen LogP contribution in [0.3, 0.4) is 0 Å². The lowest BCUT2D eigenvalue weighted by atomic mass is 10.1. The summed E-state index contributed by atoms with van der Waals surface area (Å²) in [6.45, 7) is 3.84. The number of sulfone groups is 1. The summed E-state index contributed by atoms with van der Waals surface area (Å²) < 4.78 is 27.2. The number of halogens is 1. The van der Waals surface area contributed by atoms with Gasteiger partial charge in [-0.05, 0) is 43.2 Å². The highest BCUT2D eigenvalue weighted by Gasteiger charge is 2.48. The molecule has 1 N–H and O–H groups in total. The summed E-state index contributed by atoms with van der Waals surface area (Å²) in [5, 5.41) is 20.4. The Labute approximate surface area is 194 Å². The van der Waals surface area contributed by atoms with Crippen LogP contribution in [-0.2, 0) is 21.1 Å². The van der Waals surface area contributed by atoms with Crippen molar-refractivity contribution < 1.29 is 18.3 Å².